The maximum Gasteiger partial charge on any atom is 0.237 e. The molecular formula is C14H23N3O2. The van der Waals surface area contributed by atoms with Crippen molar-refractivity contribution in [3.05, 3.63) is 29.8 Å². The first kappa shape index (κ1) is 15.5. The lowest BCUT2D eigenvalue weighted by atomic mass is 10.1. The van der Waals surface area contributed by atoms with Crippen molar-refractivity contribution in [2.24, 2.45) is 11.5 Å². The quantitative estimate of drug-likeness (QED) is 0.514. The summed E-state index contributed by atoms with van der Waals surface area (Å²) in [6.07, 6.45) is 3.39. The summed E-state index contributed by atoms with van der Waals surface area (Å²) in [5.41, 5.74) is 12.2. The molecule has 6 N–H and O–H groups in total. The van der Waals surface area contributed by atoms with E-state index in [2.05, 4.69) is 5.32 Å². The first-order valence-electron chi connectivity index (χ1n) is 6.64. The number of nitrogens with one attached hydrogen (secondary N) is 1. The highest BCUT2D eigenvalue weighted by Gasteiger charge is 2.13. The van der Waals surface area contributed by atoms with Crippen LogP contribution in [0, 0.1) is 0 Å². The van der Waals surface area contributed by atoms with Crippen LogP contribution in [0.3, 0.4) is 0 Å². The van der Waals surface area contributed by atoms with Crippen molar-refractivity contribution in [2.75, 3.05) is 13.1 Å². The molecule has 0 spiro atoms. The third kappa shape index (κ3) is 6.22. The second-order valence-corrected chi connectivity index (χ2v) is 4.62. The maximum atomic E-state index is 11.7. The van der Waals surface area contributed by atoms with Crippen molar-refractivity contribution >= 4 is 5.91 Å². The Balaban J connectivity index is 2.26. The zero-order valence-corrected chi connectivity index (χ0v) is 11.1. The zero-order chi connectivity index (χ0) is 14.1. The fourth-order valence-electron chi connectivity index (χ4n) is 1.77. The molecule has 0 aromatic heterocycles. The predicted molar refractivity (Wildman–Crippen MR) is 75.7 cm³/mol. The van der Waals surface area contributed by atoms with E-state index >= 15 is 0 Å². The molecule has 5 nitrogen and oxygen atoms in total. The minimum Gasteiger partial charge on any atom is -0.508 e. The van der Waals surface area contributed by atoms with E-state index in [1.54, 1.807) is 24.3 Å². The molecule has 0 fully saturated rings. The van der Waals surface area contributed by atoms with Gasteiger partial charge in [0.25, 0.3) is 0 Å². The third-order valence-corrected chi connectivity index (χ3v) is 2.91. The molecule has 0 saturated carbocycles. The van der Waals surface area contributed by atoms with Crippen LogP contribution in [-0.2, 0) is 11.2 Å². The van der Waals surface area contributed by atoms with Crippen molar-refractivity contribution in [1.82, 2.24) is 5.32 Å². The molecule has 5 heteroatoms. The lowest BCUT2D eigenvalue weighted by Gasteiger charge is -2.12. The van der Waals surface area contributed by atoms with Crippen LogP contribution < -0.4 is 16.8 Å². The summed E-state index contributed by atoms with van der Waals surface area (Å²) in [4.78, 5) is 11.7. The summed E-state index contributed by atoms with van der Waals surface area (Å²) in [5, 5.41) is 12.0. The largest absolute Gasteiger partial charge is 0.508 e. The molecule has 0 unspecified atom stereocenters. The molecule has 1 amide bonds. The number of phenolic OH excluding ortho intramolecular Hbond substituents is 1. The van der Waals surface area contributed by atoms with Gasteiger partial charge in [-0.25, -0.2) is 0 Å². The smallest absolute Gasteiger partial charge is 0.237 e. The van der Waals surface area contributed by atoms with Crippen LogP contribution in [0.25, 0.3) is 0 Å². The molecule has 1 rings (SSSR count). The minimum atomic E-state index is -0.556. The molecule has 1 atom stereocenters. The Morgan fingerprint density at radius 3 is 2.53 bits per heavy atom. The van der Waals surface area contributed by atoms with E-state index in [-0.39, 0.29) is 11.7 Å². The molecule has 19 heavy (non-hydrogen) atoms. The fourth-order valence-corrected chi connectivity index (χ4v) is 1.77. The van der Waals surface area contributed by atoms with Crippen LogP contribution in [0.2, 0.25) is 0 Å². The number of aromatic hydroxyl groups is 1. The van der Waals surface area contributed by atoms with Crippen LogP contribution in [0.1, 0.15) is 24.8 Å². The maximum absolute atomic E-state index is 11.7. The number of amides is 1. The Morgan fingerprint density at radius 2 is 1.89 bits per heavy atom. The molecule has 1 aromatic rings. The average Bonchev–Trinajstić information content (AvgIpc) is 2.41. The Hall–Kier alpha value is -1.59. The Labute approximate surface area is 114 Å². The summed E-state index contributed by atoms with van der Waals surface area (Å²) in [6, 6.07) is 6.16. The van der Waals surface area contributed by atoms with Gasteiger partial charge in [0.2, 0.25) is 5.91 Å². The highest BCUT2D eigenvalue weighted by Crippen LogP contribution is 2.10. The number of nitrogens with two attached hydrogens (primary N) is 2. The van der Waals surface area contributed by atoms with E-state index in [9.17, 15) is 4.79 Å². The van der Waals surface area contributed by atoms with Crippen LogP contribution in [0.15, 0.2) is 24.3 Å². The number of phenols is 1. The van der Waals surface area contributed by atoms with Crippen LogP contribution in [-0.4, -0.2) is 30.1 Å². The van der Waals surface area contributed by atoms with Gasteiger partial charge in [0.1, 0.15) is 5.75 Å². The third-order valence-electron chi connectivity index (χ3n) is 2.91. The summed E-state index contributed by atoms with van der Waals surface area (Å²) in [5.74, 6) is 0.0718. The predicted octanol–water partition coefficient (Wildman–Crippen LogP) is 0.507. The van der Waals surface area contributed by atoms with E-state index in [1.165, 1.54) is 0 Å². The van der Waals surface area contributed by atoms with Gasteiger partial charge in [-0.1, -0.05) is 18.6 Å². The van der Waals surface area contributed by atoms with Crippen molar-refractivity contribution in [3.63, 3.8) is 0 Å². The highest BCUT2D eigenvalue weighted by atomic mass is 16.3. The summed E-state index contributed by atoms with van der Waals surface area (Å²) < 4.78 is 0. The highest BCUT2D eigenvalue weighted by molar-refractivity contribution is 5.81. The summed E-state index contributed by atoms with van der Waals surface area (Å²) in [6.45, 7) is 1.33. The van der Waals surface area contributed by atoms with Crippen LogP contribution in [0.5, 0.6) is 5.75 Å². The summed E-state index contributed by atoms with van der Waals surface area (Å²) >= 11 is 0. The lowest BCUT2D eigenvalue weighted by molar-refractivity contribution is -0.122. The van der Waals surface area contributed by atoms with Gasteiger partial charge in [-0.3, -0.25) is 4.79 Å². The second kappa shape index (κ2) is 8.50. The molecule has 0 saturated heterocycles. The van der Waals surface area contributed by atoms with Gasteiger partial charge in [-0.2, -0.15) is 0 Å². The van der Waals surface area contributed by atoms with Gasteiger partial charge in [-0.15, -0.1) is 0 Å². The van der Waals surface area contributed by atoms with Crippen molar-refractivity contribution < 1.29 is 9.90 Å². The number of hydrogen-bond acceptors (Lipinski definition) is 4. The number of carbonyl (C=O) groups excluding carboxylic acids is 1. The van der Waals surface area contributed by atoms with E-state index in [4.69, 9.17) is 16.6 Å². The minimum absolute atomic E-state index is 0.138. The standard InChI is InChI=1S/C14H23N3O2/c15-8-2-1-3-9-17-14(19)13(16)10-11-4-6-12(18)7-5-11/h4-7,13,18H,1-3,8-10,15-16H2,(H,17,19)/t13-/m1/s1. The van der Waals surface area contributed by atoms with Gasteiger partial charge < -0.3 is 21.9 Å². The number of carbonyl (C=O) groups is 1. The van der Waals surface area contributed by atoms with Gasteiger partial charge in [0, 0.05) is 6.54 Å². The normalized spacial score (nSPS) is 12.1. The van der Waals surface area contributed by atoms with Gasteiger partial charge in [0.15, 0.2) is 0 Å². The number of rotatable bonds is 8. The first-order chi connectivity index (χ1) is 9.13. The van der Waals surface area contributed by atoms with Gasteiger partial charge in [0.05, 0.1) is 6.04 Å². The number of unbranched alkanes of at least 4 members (excludes halogenated alkanes) is 2. The summed E-state index contributed by atoms with van der Waals surface area (Å²) in [7, 11) is 0. The SMILES string of the molecule is NCCCCCNC(=O)[C@H](N)Cc1ccc(O)cc1. The Bertz CT molecular complexity index is 379. The Morgan fingerprint density at radius 1 is 1.21 bits per heavy atom. The number of benzene rings is 1. The van der Waals surface area contributed by atoms with Crippen molar-refractivity contribution in [2.45, 2.75) is 31.7 Å². The molecule has 0 aliphatic rings. The van der Waals surface area contributed by atoms with E-state index < -0.39 is 6.04 Å². The monoisotopic (exact) mass is 265 g/mol. The molecular weight excluding hydrogens is 242 g/mol. The zero-order valence-electron chi connectivity index (χ0n) is 11.1. The Kier molecular flexibility index (Phi) is 6.92. The molecule has 1 aromatic carbocycles. The van der Waals surface area contributed by atoms with Gasteiger partial charge >= 0.3 is 0 Å². The molecule has 0 heterocycles. The van der Waals surface area contributed by atoms with E-state index in [0.717, 1.165) is 24.8 Å². The number of hydrogen-bond donors (Lipinski definition) is 4. The first-order valence-corrected chi connectivity index (χ1v) is 6.64. The molecule has 106 valence electrons. The van der Waals surface area contributed by atoms with Crippen molar-refractivity contribution in [1.29, 1.82) is 0 Å². The topological polar surface area (TPSA) is 101 Å². The van der Waals surface area contributed by atoms with E-state index in [1.807, 2.05) is 0 Å². The van der Waals surface area contributed by atoms with Crippen LogP contribution in [0.4, 0.5) is 0 Å². The second-order valence-electron chi connectivity index (χ2n) is 4.62. The lowest BCUT2D eigenvalue weighted by Crippen LogP contribution is -2.42. The average molecular weight is 265 g/mol. The molecule has 0 aliphatic carbocycles. The van der Waals surface area contributed by atoms with E-state index in [0.29, 0.717) is 19.5 Å². The van der Waals surface area contributed by atoms with Gasteiger partial charge in [-0.05, 0) is 43.5 Å². The fraction of sp³-hybridized carbons (Fsp3) is 0.500. The van der Waals surface area contributed by atoms with Crippen molar-refractivity contribution in [3.8, 4) is 5.75 Å². The van der Waals surface area contributed by atoms with Crippen LogP contribution >= 0.6 is 0 Å². The molecule has 0 aliphatic heterocycles. The molecule has 0 radical (unpaired) electrons. The molecule has 0 bridgehead atoms.